The molecule has 0 saturated heterocycles. The number of rotatable bonds is 6. The Kier molecular flexibility index (Phi) is 5.63. The summed E-state index contributed by atoms with van der Waals surface area (Å²) in [5, 5.41) is 12.1. The van der Waals surface area contributed by atoms with Crippen LogP contribution in [0.1, 0.15) is 26.5 Å². The van der Waals surface area contributed by atoms with E-state index < -0.39 is 11.8 Å². The van der Waals surface area contributed by atoms with Gasteiger partial charge in [-0.3, -0.25) is 0 Å². The van der Waals surface area contributed by atoms with Crippen LogP contribution < -0.4 is 10.1 Å². The zero-order chi connectivity index (χ0) is 18.6. The fourth-order valence-corrected chi connectivity index (χ4v) is 1.99. The second kappa shape index (κ2) is 7.69. The van der Waals surface area contributed by atoms with E-state index in [1.807, 2.05) is 13.8 Å². The molecule has 1 aromatic carbocycles. The van der Waals surface area contributed by atoms with Gasteiger partial charge in [0.1, 0.15) is 29.3 Å². The minimum atomic E-state index is -1.14. The van der Waals surface area contributed by atoms with Crippen molar-refractivity contribution in [1.29, 1.82) is 0 Å². The zero-order valence-corrected chi connectivity index (χ0v) is 14.4. The molecule has 0 amide bonds. The van der Waals surface area contributed by atoms with Crippen molar-refractivity contribution in [2.24, 2.45) is 4.99 Å². The normalized spacial score (nSPS) is 11.5. The van der Waals surface area contributed by atoms with Gasteiger partial charge in [0.15, 0.2) is 5.82 Å². The molecule has 0 unspecified atom stereocenters. The number of hydrogen-bond acceptors (Lipinski definition) is 6. The topological polar surface area (TPSA) is 96.7 Å². The summed E-state index contributed by atoms with van der Waals surface area (Å²) in [5.74, 6) is -0.954. The average Bonchev–Trinajstić information content (AvgIpc) is 2.52. The third kappa shape index (κ3) is 4.72. The molecule has 8 heteroatoms. The van der Waals surface area contributed by atoms with Crippen LogP contribution in [0.25, 0.3) is 0 Å². The highest BCUT2D eigenvalue weighted by Crippen LogP contribution is 2.33. The molecule has 0 spiro atoms. The van der Waals surface area contributed by atoms with Crippen molar-refractivity contribution in [2.45, 2.75) is 33.8 Å². The monoisotopic (exact) mass is 346 g/mol. The SMILES string of the molecule is CC(=Nc1c(C)ncnc1Nc1ccc(F)cc1OC(C)C)C(=O)O. The Morgan fingerprint density at radius 3 is 2.72 bits per heavy atom. The first kappa shape index (κ1) is 18.3. The Morgan fingerprint density at radius 2 is 2.08 bits per heavy atom. The molecule has 25 heavy (non-hydrogen) atoms. The van der Waals surface area contributed by atoms with E-state index in [4.69, 9.17) is 9.84 Å². The molecule has 0 bridgehead atoms. The van der Waals surface area contributed by atoms with Crippen molar-refractivity contribution in [3.05, 3.63) is 36.0 Å². The molecular weight excluding hydrogens is 327 g/mol. The fraction of sp³-hybridized carbons (Fsp3) is 0.294. The Bertz CT molecular complexity index is 822. The quantitative estimate of drug-likeness (QED) is 0.775. The number of aromatic nitrogens is 2. The Hall–Kier alpha value is -3.03. The summed E-state index contributed by atoms with van der Waals surface area (Å²) < 4.78 is 19.1. The number of benzene rings is 1. The van der Waals surface area contributed by atoms with Crippen LogP contribution in [0.15, 0.2) is 29.5 Å². The number of anilines is 2. The van der Waals surface area contributed by atoms with Crippen LogP contribution in [0, 0.1) is 12.7 Å². The minimum Gasteiger partial charge on any atom is -0.489 e. The maximum absolute atomic E-state index is 13.5. The highest BCUT2D eigenvalue weighted by atomic mass is 19.1. The molecule has 0 saturated carbocycles. The number of nitrogens with one attached hydrogen (secondary N) is 1. The first-order chi connectivity index (χ1) is 11.8. The van der Waals surface area contributed by atoms with Gasteiger partial charge in [-0.1, -0.05) is 0 Å². The van der Waals surface area contributed by atoms with Crippen LogP contribution in [-0.2, 0) is 4.79 Å². The first-order valence-corrected chi connectivity index (χ1v) is 7.61. The predicted octanol–water partition coefficient (Wildman–Crippen LogP) is 3.63. The lowest BCUT2D eigenvalue weighted by molar-refractivity contribution is -0.129. The fourth-order valence-electron chi connectivity index (χ4n) is 1.99. The second-order valence-corrected chi connectivity index (χ2v) is 5.59. The van der Waals surface area contributed by atoms with E-state index in [1.165, 1.54) is 31.5 Å². The summed E-state index contributed by atoms with van der Waals surface area (Å²) >= 11 is 0. The van der Waals surface area contributed by atoms with E-state index in [0.29, 0.717) is 28.6 Å². The molecule has 1 aromatic heterocycles. The van der Waals surface area contributed by atoms with E-state index >= 15 is 0 Å². The summed E-state index contributed by atoms with van der Waals surface area (Å²) in [5.41, 5.74) is 1.19. The number of ether oxygens (including phenoxy) is 1. The molecule has 0 aliphatic carbocycles. The number of aliphatic carboxylic acids is 1. The van der Waals surface area contributed by atoms with Gasteiger partial charge in [0, 0.05) is 6.07 Å². The molecule has 0 aliphatic heterocycles. The van der Waals surface area contributed by atoms with Gasteiger partial charge in [-0.25, -0.2) is 24.1 Å². The first-order valence-electron chi connectivity index (χ1n) is 7.61. The van der Waals surface area contributed by atoms with Gasteiger partial charge in [-0.05, 0) is 39.8 Å². The molecule has 2 rings (SSSR count). The highest BCUT2D eigenvalue weighted by Gasteiger charge is 2.14. The van der Waals surface area contributed by atoms with Gasteiger partial charge in [0.05, 0.1) is 17.5 Å². The molecule has 132 valence electrons. The summed E-state index contributed by atoms with van der Waals surface area (Å²) in [6.45, 7) is 6.73. The van der Waals surface area contributed by atoms with Crippen LogP contribution in [0.5, 0.6) is 5.75 Å². The number of hydrogen-bond donors (Lipinski definition) is 2. The standard InChI is InChI=1S/C17H19FN4O3/c1-9(2)25-14-7-12(18)5-6-13(14)22-16-15(10(3)19-8-20-16)21-11(4)17(23)24/h5-9H,1-4H3,(H,23,24)(H,19,20,22). The van der Waals surface area contributed by atoms with Gasteiger partial charge < -0.3 is 15.2 Å². The molecule has 2 N–H and O–H groups in total. The van der Waals surface area contributed by atoms with E-state index in [-0.39, 0.29) is 11.8 Å². The van der Waals surface area contributed by atoms with Crippen LogP contribution >= 0.6 is 0 Å². The lowest BCUT2D eigenvalue weighted by Gasteiger charge is -2.16. The van der Waals surface area contributed by atoms with Crippen molar-refractivity contribution < 1.29 is 19.0 Å². The number of carbonyl (C=O) groups is 1. The number of nitrogens with zero attached hydrogens (tertiary/aromatic N) is 3. The van der Waals surface area contributed by atoms with Crippen molar-refractivity contribution in [1.82, 2.24) is 9.97 Å². The molecule has 0 atom stereocenters. The molecule has 7 nitrogen and oxygen atoms in total. The van der Waals surface area contributed by atoms with Crippen molar-refractivity contribution in [2.75, 3.05) is 5.32 Å². The van der Waals surface area contributed by atoms with Gasteiger partial charge in [0.25, 0.3) is 0 Å². The van der Waals surface area contributed by atoms with Gasteiger partial charge in [0.2, 0.25) is 0 Å². The maximum atomic E-state index is 13.5. The smallest absolute Gasteiger partial charge is 0.349 e. The average molecular weight is 346 g/mol. The molecular formula is C17H19FN4O3. The predicted molar refractivity (Wildman–Crippen MR) is 92.6 cm³/mol. The van der Waals surface area contributed by atoms with Crippen LogP contribution in [0.2, 0.25) is 0 Å². The lowest BCUT2D eigenvalue weighted by atomic mass is 10.2. The van der Waals surface area contributed by atoms with Crippen molar-refractivity contribution in [3.8, 4) is 5.75 Å². The maximum Gasteiger partial charge on any atom is 0.349 e. The van der Waals surface area contributed by atoms with Crippen LogP contribution in [0.4, 0.5) is 21.6 Å². The van der Waals surface area contributed by atoms with Crippen molar-refractivity contribution >= 4 is 28.9 Å². The second-order valence-electron chi connectivity index (χ2n) is 5.59. The highest BCUT2D eigenvalue weighted by molar-refractivity contribution is 6.35. The van der Waals surface area contributed by atoms with Gasteiger partial charge in [-0.2, -0.15) is 0 Å². The largest absolute Gasteiger partial charge is 0.489 e. The number of aryl methyl sites for hydroxylation is 1. The van der Waals surface area contributed by atoms with E-state index in [2.05, 4.69) is 20.3 Å². The summed E-state index contributed by atoms with van der Waals surface area (Å²) in [7, 11) is 0. The molecule has 0 radical (unpaired) electrons. The van der Waals surface area contributed by atoms with Crippen molar-refractivity contribution in [3.63, 3.8) is 0 Å². The number of halogens is 1. The number of carboxylic acids is 1. The third-order valence-electron chi connectivity index (χ3n) is 3.15. The van der Waals surface area contributed by atoms with E-state index in [1.54, 1.807) is 6.92 Å². The summed E-state index contributed by atoms with van der Waals surface area (Å²) in [4.78, 5) is 23.3. The van der Waals surface area contributed by atoms with Gasteiger partial charge in [-0.15, -0.1) is 0 Å². The van der Waals surface area contributed by atoms with Crippen LogP contribution in [0.3, 0.4) is 0 Å². The lowest BCUT2D eigenvalue weighted by Crippen LogP contribution is -2.09. The van der Waals surface area contributed by atoms with E-state index in [0.717, 1.165) is 0 Å². The summed E-state index contributed by atoms with van der Waals surface area (Å²) in [6, 6.07) is 4.07. The molecule has 0 aliphatic rings. The molecule has 2 aromatic rings. The Balaban J connectivity index is 2.47. The third-order valence-corrected chi connectivity index (χ3v) is 3.15. The molecule has 1 heterocycles. The zero-order valence-electron chi connectivity index (χ0n) is 14.4. The van der Waals surface area contributed by atoms with E-state index in [9.17, 15) is 9.18 Å². The van der Waals surface area contributed by atoms with Crippen LogP contribution in [-0.4, -0.2) is 32.9 Å². The Morgan fingerprint density at radius 1 is 1.36 bits per heavy atom. The number of aliphatic imine (C=N–C) groups is 1. The van der Waals surface area contributed by atoms with Gasteiger partial charge >= 0.3 is 5.97 Å². The Labute approximate surface area is 144 Å². The molecule has 0 fully saturated rings. The minimum absolute atomic E-state index is 0.0984. The number of carboxylic acid groups (broad SMARTS) is 1. The summed E-state index contributed by atoms with van der Waals surface area (Å²) in [6.07, 6.45) is 1.18.